The lowest BCUT2D eigenvalue weighted by atomic mass is 10.1. The van der Waals surface area contributed by atoms with Gasteiger partial charge in [-0.05, 0) is 43.0 Å². The van der Waals surface area contributed by atoms with Crippen molar-refractivity contribution in [3.05, 3.63) is 65.2 Å². The molecule has 0 aromatic heterocycles. The molecule has 2 N–H and O–H groups in total. The van der Waals surface area contributed by atoms with Gasteiger partial charge in [-0.1, -0.05) is 47.9 Å². The standard InChI is InChI=1S/C12H13N.C7H8O3S/c1-2-9-13-12-8-7-10-5-3-4-6-11(10)12;1-6-2-4-7(5-3-6)11(8,9)10/h1,3-6,12-13H,7-9H2;2-5H,1H3,(H,8,9,10). The normalized spacial score (nSPS) is 15.8. The van der Waals surface area contributed by atoms with Crippen molar-refractivity contribution in [3.8, 4) is 12.3 Å². The summed E-state index contributed by atoms with van der Waals surface area (Å²) < 4.78 is 29.6. The smallest absolute Gasteiger partial charge is 0.294 e. The molecule has 0 amide bonds. The minimum absolute atomic E-state index is 0.0666. The van der Waals surface area contributed by atoms with E-state index in [1.807, 2.05) is 6.92 Å². The average Bonchev–Trinajstić information content (AvgIpc) is 2.96. The maximum Gasteiger partial charge on any atom is 0.294 e. The summed E-state index contributed by atoms with van der Waals surface area (Å²) in [6, 6.07) is 15.1. The molecule has 0 fully saturated rings. The van der Waals surface area contributed by atoms with Crippen molar-refractivity contribution < 1.29 is 13.0 Å². The quantitative estimate of drug-likeness (QED) is 0.664. The number of terminal acetylenes is 1. The van der Waals surface area contributed by atoms with Gasteiger partial charge in [-0.25, -0.2) is 0 Å². The predicted octanol–water partition coefficient (Wildman–Crippen LogP) is 3.14. The molecule has 24 heavy (non-hydrogen) atoms. The summed E-state index contributed by atoms with van der Waals surface area (Å²) in [6.07, 6.45) is 7.57. The maximum atomic E-state index is 10.5. The number of aryl methyl sites for hydroxylation is 2. The van der Waals surface area contributed by atoms with Crippen LogP contribution in [0.1, 0.15) is 29.2 Å². The van der Waals surface area contributed by atoms with Crippen LogP contribution in [0.25, 0.3) is 0 Å². The van der Waals surface area contributed by atoms with Crippen LogP contribution in [0.15, 0.2) is 53.4 Å². The van der Waals surface area contributed by atoms with E-state index in [2.05, 4.69) is 35.5 Å². The first kappa shape index (κ1) is 18.2. The highest BCUT2D eigenvalue weighted by Crippen LogP contribution is 2.30. The van der Waals surface area contributed by atoms with Crippen molar-refractivity contribution in [2.45, 2.75) is 30.7 Å². The lowest BCUT2D eigenvalue weighted by molar-refractivity contribution is 0.483. The first-order valence-electron chi connectivity index (χ1n) is 7.70. The first-order valence-corrected chi connectivity index (χ1v) is 9.14. The molecular weight excluding hydrogens is 322 g/mol. The molecule has 1 aliphatic rings. The summed E-state index contributed by atoms with van der Waals surface area (Å²) in [4.78, 5) is -0.0666. The van der Waals surface area contributed by atoms with Crippen LogP contribution in [-0.4, -0.2) is 19.5 Å². The van der Waals surface area contributed by atoms with Crippen molar-refractivity contribution in [1.82, 2.24) is 5.32 Å². The maximum absolute atomic E-state index is 10.5. The molecular formula is C19H21NO3S. The fourth-order valence-corrected chi connectivity index (χ4v) is 3.14. The summed E-state index contributed by atoms with van der Waals surface area (Å²) in [5.41, 5.74) is 3.85. The zero-order chi connectivity index (χ0) is 17.6. The molecule has 3 rings (SSSR count). The predicted molar refractivity (Wildman–Crippen MR) is 95.3 cm³/mol. The van der Waals surface area contributed by atoms with Crippen molar-refractivity contribution >= 4 is 10.1 Å². The van der Waals surface area contributed by atoms with Gasteiger partial charge in [0.05, 0.1) is 11.4 Å². The third kappa shape index (κ3) is 4.93. The van der Waals surface area contributed by atoms with Gasteiger partial charge in [-0.15, -0.1) is 6.42 Å². The molecule has 5 heteroatoms. The summed E-state index contributed by atoms with van der Waals surface area (Å²) >= 11 is 0. The van der Waals surface area contributed by atoms with Crippen LogP contribution < -0.4 is 5.32 Å². The number of hydrogen-bond acceptors (Lipinski definition) is 3. The molecule has 0 radical (unpaired) electrons. The lowest BCUT2D eigenvalue weighted by Gasteiger charge is -2.10. The van der Waals surface area contributed by atoms with E-state index in [1.165, 1.54) is 36.1 Å². The minimum atomic E-state index is -4.02. The van der Waals surface area contributed by atoms with Crippen LogP contribution >= 0.6 is 0 Å². The van der Waals surface area contributed by atoms with Crippen molar-refractivity contribution in [1.29, 1.82) is 0 Å². The molecule has 0 saturated heterocycles. The van der Waals surface area contributed by atoms with E-state index in [9.17, 15) is 8.42 Å². The third-order valence-electron chi connectivity index (χ3n) is 3.90. The second-order valence-electron chi connectivity index (χ2n) is 5.66. The fourth-order valence-electron chi connectivity index (χ4n) is 2.66. The van der Waals surface area contributed by atoms with Crippen molar-refractivity contribution in [2.24, 2.45) is 0 Å². The second-order valence-corrected chi connectivity index (χ2v) is 7.08. The van der Waals surface area contributed by atoms with Crippen LogP contribution in [0.3, 0.4) is 0 Å². The lowest BCUT2D eigenvalue weighted by Crippen LogP contribution is -2.19. The second kappa shape index (κ2) is 8.11. The molecule has 2 aromatic carbocycles. The number of hydrogen-bond donors (Lipinski definition) is 2. The molecule has 1 atom stereocenters. The summed E-state index contributed by atoms with van der Waals surface area (Å²) in [5, 5.41) is 3.35. The molecule has 0 heterocycles. The topological polar surface area (TPSA) is 66.4 Å². The van der Waals surface area contributed by atoms with Crippen LogP contribution in [-0.2, 0) is 16.5 Å². The van der Waals surface area contributed by atoms with Crippen molar-refractivity contribution in [2.75, 3.05) is 6.54 Å². The van der Waals surface area contributed by atoms with E-state index in [1.54, 1.807) is 12.1 Å². The molecule has 126 valence electrons. The van der Waals surface area contributed by atoms with Gasteiger partial charge in [0.2, 0.25) is 0 Å². The number of benzene rings is 2. The molecule has 2 aromatic rings. The van der Waals surface area contributed by atoms with Crippen LogP contribution in [0.5, 0.6) is 0 Å². The monoisotopic (exact) mass is 343 g/mol. The summed E-state index contributed by atoms with van der Waals surface area (Å²) in [7, 11) is -4.02. The van der Waals surface area contributed by atoms with E-state index >= 15 is 0 Å². The molecule has 0 aliphatic heterocycles. The number of nitrogens with one attached hydrogen (secondary N) is 1. The largest absolute Gasteiger partial charge is 0.299 e. The zero-order valence-corrected chi connectivity index (χ0v) is 14.4. The Labute approximate surface area is 143 Å². The summed E-state index contributed by atoms with van der Waals surface area (Å²) in [5.74, 6) is 2.61. The van der Waals surface area contributed by atoms with Crippen molar-refractivity contribution in [3.63, 3.8) is 0 Å². The highest BCUT2D eigenvalue weighted by atomic mass is 32.2. The van der Waals surface area contributed by atoms with Crippen LogP contribution in [0.2, 0.25) is 0 Å². The summed E-state index contributed by atoms with van der Waals surface area (Å²) in [6.45, 7) is 2.51. The van der Waals surface area contributed by atoms with Crippen LogP contribution in [0, 0.1) is 19.3 Å². The fraction of sp³-hybridized carbons (Fsp3) is 0.263. The molecule has 1 unspecified atom stereocenters. The van der Waals surface area contributed by atoms with E-state index in [4.69, 9.17) is 11.0 Å². The highest BCUT2D eigenvalue weighted by molar-refractivity contribution is 7.85. The zero-order valence-electron chi connectivity index (χ0n) is 13.6. The minimum Gasteiger partial charge on any atom is -0.299 e. The van der Waals surface area contributed by atoms with Crippen LogP contribution in [0.4, 0.5) is 0 Å². The molecule has 4 nitrogen and oxygen atoms in total. The average molecular weight is 343 g/mol. The third-order valence-corrected chi connectivity index (χ3v) is 4.77. The number of rotatable bonds is 3. The van der Waals surface area contributed by atoms with Gasteiger partial charge in [0.25, 0.3) is 10.1 Å². The SMILES string of the molecule is C#CCNC1CCc2ccccc21.Cc1ccc(S(=O)(=O)O)cc1. The van der Waals surface area contributed by atoms with E-state index in [-0.39, 0.29) is 4.90 Å². The van der Waals surface area contributed by atoms with Gasteiger partial charge in [-0.2, -0.15) is 8.42 Å². The Morgan fingerprint density at radius 1 is 1.21 bits per heavy atom. The Morgan fingerprint density at radius 3 is 2.50 bits per heavy atom. The number of fused-ring (bicyclic) bond motifs is 1. The van der Waals surface area contributed by atoms with Gasteiger partial charge in [0.15, 0.2) is 0 Å². The Morgan fingerprint density at radius 2 is 1.88 bits per heavy atom. The van der Waals surface area contributed by atoms with Gasteiger partial charge < -0.3 is 0 Å². The Balaban J connectivity index is 0.000000177. The van der Waals surface area contributed by atoms with E-state index in [0.717, 1.165) is 5.56 Å². The highest BCUT2D eigenvalue weighted by Gasteiger charge is 2.20. The first-order chi connectivity index (χ1) is 11.4. The van der Waals surface area contributed by atoms with E-state index in [0.29, 0.717) is 12.6 Å². The molecule has 0 bridgehead atoms. The molecule has 0 spiro atoms. The van der Waals surface area contributed by atoms with Gasteiger partial charge >= 0.3 is 0 Å². The molecule has 0 saturated carbocycles. The van der Waals surface area contributed by atoms with Gasteiger partial charge in [-0.3, -0.25) is 9.87 Å². The van der Waals surface area contributed by atoms with E-state index < -0.39 is 10.1 Å². The Kier molecular flexibility index (Phi) is 6.16. The molecule has 1 aliphatic carbocycles. The Hall–Kier alpha value is -2.13. The Bertz CT molecular complexity index is 820. The van der Waals surface area contributed by atoms with Gasteiger partial charge in [0.1, 0.15) is 0 Å². The van der Waals surface area contributed by atoms with Gasteiger partial charge in [0, 0.05) is 6.04 Å².